The van der Waals surface area contributed by atoms with Crippen molar-refractivity contribution in [3.8, 4) is 33.8 Å². The van der Waals surface area contributed by atoms with Gasteiger partial charge in [-0.05, 0) is 36.8 Å². The topological polar surface area (TPSA) is 41.6 Å². The number of aromatic nitrogens is 3. The number of rotatable bonds is 4. The van der Waals surface area contributed by atoms with Gasteiger partial charge in [-0.1, -0.05) is 56.3 Å². The van der Waals surface area contributed by atoms with Gasteiger partial charge < -0.3 is 4.98 Å². The summed E-state index contributed by atoms with van der Waals surface area (Å²) in [5, 5.41) is 0. The zero-order valence-corrected chi connectivity index (χ0v) is 16.2. The Bertz CT molecular complexity index is 1130. The van der Waals surface area contributed by atoms with Gasteiger partial charge >= 0.3 is 0 Å². The summed E-state index contributed by atoms with van der Waals surface area (Å²) >= 11 is 0. The van der Waals surface area contributed by atoms with Crippen molar-refractivity contribution in [2.45, 2.75) is 26.7 Å². The van der Waals surface area contributed by atoms with Gasteiger partial charge in [0.2, 0.25) is 0 Å². The molecule has 0 amide bonds. The fourth-order valence-electron chi connectivity index (χ4n) is 3.27. The Morgan fingerprint density at radius 1 is 0.857 bits per heavy atom. The van der Waals surface area contributed by atoms with Gasteiger partial charge in [-0.15, -0.1) is 0 Å². The number of H-pyrrole nitrogens is 1. The molecule has 28 heavy (non-hydrogen) atoms. The maximum absolute atomic E-state index is 14.3. The lowest BCUT2D eigenvalue weighted by Gasteiger charge is -2.07. The molecular weight excluding hydrogens is 349 g/mol. The van der Waals surface area contributed by atoms with E-state index in [0.29, 0.717) is 5.56 Å². The lowest BCUT2D eigenvalue weighted by atomic mass is 10.00. The maximum atomic E-state index is 14.3. The molecule has 2 heterocycles. The van der Waals surface area contributed by atoms with E-state index in [1.54, 1.807) is 12.1 Å². The lowest BCUT2D eigenvalue weighted by molar-refractivity contribution is 0.631. The first kappa shape index (κ1) is 18.1. The number of aromatic amines is 1. The molecule has 1 N–H and O–H groups in total. The number of aryl methyl sites for hydroxylation is 1. The molecule has 4 rings (SSSR count). The number of pyridine rings is 1. The zero-order valence-electron chi connectivity index (χ0n) is 16.2. The molecule has 2 aromatic carbocycles. The molecular formula is C24H22FN3. The minimum Gasteiger partial charge on any atom is -0.340 e. The van der Waals surface area contributed by atoms with E-state index in [2.05, 4.69) is 23.8 Å². The highest BCUT2D eigenvalue weighted by atomic mass is 19.1. The molecule has 0 fully saturated rings. The van der Waals surface area contributed by atoms with Crippen molar-refractivity contribution >= 4 is 0 Å². The summed E-state index contributed by atoms with van der Waals surface area (Å²) in [5.74, 6) is 0.932. The Morgan fingerprint density at radius 2 is 1.61 bits per heavy atom. The van der Waals surface area contributed by atoms with E-state index in [4.69, 9.17) is 4.98 Å². The molecule has 0 aliphatic carbocycles. The number of hydrogen-bond acceptors (Lipinski definition) is 2. The molecule has 0 aliphatic rings. The van der Waals surface area contributed by atoms with Crippen molar-refractivity contribution in [1.82, 2.24) is 15.0 Å². The molecule has 0 bridgehead atoms. The zero-order chi connectivity index (χ0) is 19.7. The Morgan fingerprint density at radius 3 is 2.36 bits per heavy atom. The molecule has 0 spiro atoms. The number of halogens is 1. The minimum absolute atomic E-state index is 0.231. The van der Waals surface area contributed by atoms with Gasteiger partial charge in [-0.2, -0.15) is 0 Å². The average molecular weight is 371 g/mol. The largest absolute Gasteiger partial charge is 0.340 e. The summed E-state index contributed by atoms with van der Waals surface area (Å²) in [6.07, 6.45) is 0. The molecule has 0 saturated carbocycles. The predicted molar refractivity (Wildman–Crippen MR) is 111 cm³/mol. The molecule has 0 aliphatic heterocycles. The van der Waals surface area contributed by atoms with E-state index in [1.807, 2.05) is 55.5 Å². The molecule has 140 valence electrons. The van der Waals surface area contributed by atoms with Crippen molar-refractivity contribution in [1.29, 1.82) is 0 Å². The fraction of sp³-hybridized carbons (Fsp3) is 0.167. The SMILES string of the molecule is Cc1cccc(-c2[nH]c(C(C)C)nc2-c2cccc(-c3ccccc3F)c2)n1. The summed E-state index contributed by atoms with van der Waals surface area (Å²) in [6, 6.07) is 20.6. The van der Waals surface area contributed by atoms with Crippen LogP contribution < -0.4 is 0 Å². The summed E-state index contributed by atoms with van der Waals surface area (Å²) < 4.78 is 14.3. The Labute approximate surface area is 164 Å². The first-order chi connectivity index (χ1) is 13.5. The van der Waals surface area contributed by atoms with Crippen molar-refractivity contribution < 1.29 is 4.39 Å². The van der Waals surface area contributed by atoms with Crippen LogP contribution in [0.1, 0.15) is 31.3 Å². The molecule has 2 aromatic heterocycles. The summed E-state index contributed by atoms with van der Waals surface area (Å²) in [5.41, 5.74) is 5.86. The highest BCUT2D eigenvalue weighted by Gasteiger charge is 2.17. The van der Waals surface area contributed by atoms with Gasteiger partial charge in [-0.25, -0.2) is 9.37 Å². The number of nitrogens with one attached hydrogen (secondary N) is 1. The van der Waals surface area contributed by atoms with E-state index < -0.39 is 0 Å². The second-order valence-corrected chi connectivity index (χ2v) is 7.23. The molecule has 4 heteroatoms. The third-order valence-electron chi connectivity index (χ3n) is 4.73. The number of imidazole rings is 1. The first-order valence-electron chi connectivity index (χ1n) is 9.42. The van der Waals surface area contributed by atoms with Crippen LogP contribution in [0.3, 0.4) is 0 Å². The first-order valence-corrected chi connectivity index (χ1v) is 9.42. The van der Waals surface area contributed by atoms with Crippen LogP contribution in [0.15, 0.2) is 66.7 Å². The summed E-state index contributed by atoms with van der Waals surface area (Å²) in [6.45, 7) is 6.18. The average Bonchev–Trinajstić information content (AvgIpc) is 3.14. The number of benzene rings is 2. The summed E-state index contributed by atoms with van der Waals surface area (Å²) in [7, 11) is 0. The second kappa shape index (κ2) is 7.39. The van der Waals surface area contributed by atoms with Gasteiger partial charge in [0.15, 0.2) is 0 Å². The molecule has 4 aromatic rings. The third kappa shape index (κ3) is 3.46. The van der Waals surface area contributed by atoms with E-state index >= 15 is 0 Å². The monoisotopic (exact) mass is 371 g/mol. The van der Waals surface area contributed by atoms with Crippen LogP contribution >= 0.6 is 0 Å². The molecule has 0 unspecified atom stereocenters. The van der Waals surface area contributed by atoms with Crippen molar-refractivity contribution in [3.63, 3.8) is 0 Å². The van der Waals surface area contributed by atoms with Gasteiger partial charge in [0.05, 0.1) is 17.1 Å². The number of nitrogens with zero attached hydrogens (tertiary/aromatic N) is 2. The maximum Gasteiger partial charge on any atom is 0.131 e. The van der Waals surface area contributed by atoms with E-state index in [9.17, 15) is 4.39 Å². The Balaban J connectivity index is 1.88. The smallest absolute Gasteiger partial charge is 0.131 e. The third-order valence-corrected chi connectivity index (χ3v) is 4.73. The molecule has 3 nitrogen and oxygen atoms in total. The highest BCUT2D eigenvalue weighted by molar-refractivity contribution is 5.80. The van der Waals surface area contributed by atoms with Gasteiger partial charge in [0, 0.05) is 22.7 Å². The van der Waals surface area contributed by atoms with Crippen LogP contribution in [0.25, 0.3) is 33.8 Å². The normalized spacial score (nSPS) is 11.2. The lowest BCUT2D eigenvalue weighted by Crippen LogP contribution is -1.90. The van der Waals surface area contributed by atoms with Crippen molar-refractivity contribution in [3.05, 3.63) is 84.1 Å². The molecule has 0 atom stereocenters. The summed E-state index contributed by atoms with van der Waals surface area (Å²) in [4.78, 5) is 13.0. The van der Waals surface area contributed by atoms with E-state index in [-0.39, 0.29) is 11.7 Å². The van der Waals surface area contributed by atoms with Crippen LogP contribution in [-0.2, 0) is 0 Å². The number of hydrogen-bond donors (Lipinski definition) is 1. The molecule has 0 saturated heterocycles. The van der Waals surface area contributed by atoms with E-state index in [1.165, 1.54) is 6.07 Å². The van der Waals surface area contributed by atoms with Crippen LogP contribution in [0, 0.1) is 12.7 Å². The Hall–Kier alpha value is -3.27. The van der Waals surface area contributed by atoms with Crippen LogP contribution in [-0.4, -0.2) is 15.0 Å². The van der Waals surface area contributed by atoms with Crippen LogP contribution in [0.2, 0.25) is 0 Å². The Kier molecular flexibility index (Phi) is 4.78. The van der Waals surface area contributed by atoms with Crippen molar-refractivity contribution in [2.24, 2.45) is 0 Å². The van der Waals surface area contributed by atoms with Gasteiger partial charge in [0.1, 0.15) is 11.6 Å². The van der Waals surface area contributed by atoms with Gasteiger partial charge in [0.25, 0.3) is 0 Å². The predicted octanol–water partition coefficient (Wildman–Crippen LogP) is 6.38. The molecule has 0 radical (unpaired) electrons. The minimum atomic E-state index is -0.231. The van der Waals surface area contributed by atoms with Crippen LogP contribution in [0.5, 0.6) is 0 Å². The second-order valence-electron chi connectivity index (χ2n) is 7.23. The van der Waals surface area contributed by atoms with E-state index in [0.717, 1.165) is 39.7 Å². The standard InChI is InChI=1S/C24H22FN3/c1-15(2)24-27-22(23(28-24)21-13-6-8-16(3)26-21)18-10-7-9-17(14-18)19-11-4-5-12-20(19)25/h4-15H,1-3H3,(H,27,28). The fourth-order valence-corrected chi connectivity index (χ4v) is 3.27. The van der Waals surface area contributed by atoms with Crippen molar-refractivity contribution in [2.75, 3.05) is 0 Å². The van der Waals surface area contributed by atoms with Gasteiger partial charge in [-0.3, -0.25) is 4.98 Å². The highest BCUT2D eigenvalue weighted by Crippen LogP contribution is 2.33. The van der Waals surface area contributed by atoms with Crippen LogP contribution in [0.4, 0.5) is 4.39 Å². The quantitative estimate of drug-likeness (QED) is 0.452.